The molecule has 6 nitrogen and oxygen atoms in total. The minimum atomic E-state index is -0.0615. The zero-order chi connectivity index (χ0) is 16.9. The Morgan fingerprint density at radius 1 is 1.25 bits per heavy atom. The third-order valence-corrected chi connectivity index (χ3v) is 4.27. The van der Waals surface area contributed by atoms with Gasteiger partial charge in [0.2, 0.25) is 0 Å². The molecule has 1 fully saturated rings. The Morgan fingerprint density at radius 2 is 1.96 bits per heavy atom. The van der Waals surface area contributed by atoms with Crippen molar-refractivity contribution in [2.45, 2.75) is 25.9 Å². The number of ether oxygens (including phenoxy) is 1. The maximum absolute atomic E-state index is 12.4. The highest BCUT2D eigenvalue weighted by Crippen LogP contribution is 2.21. The molecule has 1 aromatic heterocycles. The third-order valence-electron chi connectivity index (χ3n) is 4.27. The number of nitrogens with zero attached hydrogens (tertiary/aromatic N) is 3. The van der Waals surface area contributed by atoms with Crippen molar-refractivity contribution in [2.75, 3.05) is 19.8 Å². The lowest BCUT2D eigenvalue weighted by atomic mass is 10.0. The van der Waals surface area contributed by atoms with E-state index in [0.29, 0.717) is 19.8 Å². The first-order valence-electron chi connectivity index (χ1n) is 8.15. The van der Waals surface area contributed by atoms with E-state index in [1.807, 2.05) is 43.0 Å². The molecule has 0 aliphatic carbocycles. The van der Waals surface area contributed by atoms with E-state index in [9.17, 15) is 4.79 Å². The fraction of sp³-hybridized carbons (Fsp3) is 0.389. The number of carbonyl (C=O) groups is 1. The van der Waals surface area contributed by atoms with E-state index < -0.39 is 0 Å². The van der Waals surface area contributed by atoms with Gasteiger partial charge in [0.25, 0.3) is 0 Å². The summed E-state index contributed by atoms with van der Waals surface area (Å²) in [4.78, 5) is 22.3. The van der Waals surface area contributed by atoms with Gasteiger partial charge in [-0.3, -0.25) is 0 Å². The summed E-state index contributed by atoms with van der Waals surface area (Å²) >= 11 is 0. The molecule has 24 heavy (non-hydrogen) atoms. The Balaban J connectivity index is 1.64. The number of benzene rings is 1. The minimum Gasteiger partial charge on any atom is -0.377 e. The summed E-state index contributed by atoms with van der Waals surface area (Å²) in [7, 11) is 0. The van der Waals surface area contributed by atoms with E-state index in [0.717, 1.165) is 16.7 Å². The van der Waals surface area contributed by atoms with Crippen molar-refractivity contribution >= 4 is 6.03 Å². The fourth-order valence-electron chi connectivity index (χ4n) is 2.79. The van der Waals surface area contributed by atoms with Crippen LogP contribution in [-0.2, 0) is 4.74 Å². The first kappa shape index (κ1) is 16.4. The molecular weight excluding hydrogens is 304 g/mol. The van der Waals surface area contributed by atoms with Crippen LogP contribution in [0.1, 0.15) is 25.5 Å². The number of carbonyl (C=O) groups excluding carboxylic acids is 1. The van der Waals surface area contributed by atoms with Crippen molar-refractivity contribution in [1.82, 2.24) is 20.2 Å². The molecule has 0 saturated carbocycles. The van der Waals surface area contributed by atoms with Crippen LogP contribution in [0.5, 0.6) is 0 Å². The molecule has 1 N–H and O–H groups in total. The molecule has 0 bridgehead atoms. The number of hydrogen-bond acceptors (Lipinski definition) is 4. The van der Waals surface area contributed by atoms with Crippen molar-refractivity contribution in [3.63, 3.8) is 0 Å². The summed E-state index contributed by atoms with van der Waals surface area (Å²) in [6.45, 7) is 5.81. The van der Waals surface area contributed by atoms with Gasteiger partial charge in [-0.15, -0.1) is 0 Å². The number of nitrogens with one attached hydrogen (secondary N) is 1. The molecule has 0 spiro atoms. The predicted octanol–water partition coefficient (Wildman–Crippen LogP) is 2.63. The SMILES string of the molecule is CC(NC(=O)N1CCOCC1C)c1ccc(-c2cncnc2)cc1. The molecule has 1 saturated heterocycles. The van der Waals surface area contributed by atoms with Gasteiger partial charge in [-0.05, 0) is 25.0 Å². The van der Waals surface area contributed by atoms with Crippen LogP contribution in [0.15, 0.2) is 43.0 Å². The Kier molecular flexibility index (Phi) is 5.05. The van der Waals surface area contributed by atoms with Crippen LogP contribution < -0.4 is 5.32 Å². The molecule has 2 atom stereocenters. The van der Waals surface area contributed by atoms with Crippen molar-refractivity contribution in [1.29, 1.82) is 0 Å². The maximum atomic E-state index is 12.4. The quantitative estimate of drug-likeness (QED) is 0.941. The second-order valence-electron chi connectivity index (χ2n) is 6.04. The molecule has 1 aliphatic heterocycles. The monoisotopic (exact) mass is 326 g/mol. The number of amides is 2. The van der Waals surface area contributed by atoms with E-state index in [4.69, 9.17) is 4.74 Å². The zero-order valence-corrected chi connectivity index (χ0v) is 14.0. The van der Waals surface area contributed by atoms with Crippen LogP contribution in [-0.4, -0.2) is 46.7 Å². The van der Waals surface area contributed by atoms with Gasteiger partial charge in [0.15, 0.2) is 0 Å². The molecule has 3 rings (SSSR count). The van der Waals surface area contributed by atoms with Crippen molar-refractivity contribution < 1.29 is 9.53 Å². The van der Waals surface area contributed by atoms with Gasteiger partial charge in [-0.2, -0.15) is 0 Å². The highest BCUT2D eigenvalue weighted by atomic mass is 16.5. The Morgan fingerprint density at radius 3 is 2.62 bits per heavy atom. The van der Waals surface area contributed by atoms with Crippen LogP contribution >= 0.6 is 0 Å². The van der Waals surface area contributed by atoms with Crippen LogP contribution in [0.3, 0.4) is 0 Å². The fourth-order valence-corrected chi connectivity index (χ4v) is 2.79. The van der Waals surface area contributed by atoms with Gasteiger partial charge in [0.05, 0.1) is 25.3 Å². The summed E-state index contributed by atoms with van der Waals surface area (Å²) in [5, 5.41) is 3.06. The molecular formula is C18H22N4O2. The first-order chi connectivity index (χ1) is 11.6. The Hall–Kier alpha value is -2.47. The number of aromatic nitrogens is 2. The topological polar surface area (TPSA) is 67.4 Å². The highest BCUT2D eigenvalue weighted by Gasteiger charge is 2.24. The molecule has 1 aliphatic rings. The van der Waals surface area contributed by atoms with Crippen LogP contribution in [0.25, 0.3) is 11.1 Å². The lowest BCUT2D eigenvalue weighted by Crippen LogP contribution is -2.51. The van der Waals surface area contributed by atoms with Crippen molar-refractivity contribution in [2.24, 2.45) is 0 Å². The van der Waals surface area contributed by atoms with Crippen LogP contribution in [0.2, 0.25) is 0 Å². The van der Waals surface area contributed by atoms with Crippen LogP contribution in [0, 0.1) is 0 Å². The lowest BCUT2D eigenvalue weighted by Gasteiger charge is -2.34. The molecule has 6 heteroatoms. The summed E-state index contributed by atoms with van der Waals surface area (Å²) in [5.74, 6) is 0. The van der Waals surface area contributed by atoms with E-state index in [1.165, 1.54) is 6.33 Å². The highest BCUT2D eigenvalue weighted by molar-refractivity contribution is 5.75. The molecule has 1 aromatic carbocycles. The maximum Gasteiger partial charge on any atom is 0.318 e. The minimum absolute atomic E-state index is 0.0427. The standard InChI is InChI=1S/C18H22N4O2/c1-13-11-24-8-7-22(13)18(23)21-14(2)15-3-5-16(6-4-15)17-9-19-12-20-10-17/h3-6,9-10,12-14H,7-8,11H2,1-2H3,(H,21,23). The van der Waals surface area contributed by atoms with E-state index >= 15 is 0 Å². The second kappa shape index (κ2) is 7.40. The number of hydrogen-bond donors (Lipinski definition) is 1. The average Bonchev–Trinajstić information content (AvgIpc) is 2.63. The smallest absolute Gasteiger partial charge is 0.318 e. The van der Waals surface area contributed by atoms with Gasteiger partial charge in [0.1, 0.15) is 6.33 Å². The third kappa shape index (κ3) is 3.71. The van der Waals surface area contributed by atoms with Gasteiger partial charge < -0.3 is 15.0 Å². The van der Waals surface area contributed by atoms with E-state index in [1.54, 1.807) is 12.4 Å². The van der Waals surface area contributed by atoms with Crippen LogP contribution in [0.4, 0.5) is 4.79 Å². The van der Waals surface area contributed by atoms with Gasteiger partial charge in [-0.25, -0.2) is 14.8 Å². The normalized spacial score (nSPS) is 18.9. The predicted molar refractivity (Wildman–Crippen MR) is 91.4 cm³/mol. The van der Waals surface area contributed by atoms with Crippen molar-refractivity contribution in [3.8, 4) is 11.1 Å². The molecule has 0 radical (unpaired) electrons. The summed E-state index contributed by atoms with van der Waals surface area (Å²) < 4.78 is 5.38. The van der Waals surface area contributed by atoms with E-state index in [2.05, 4.69) is 15.3 Å². The lowest BCUT2D eigenvalue weighted by molar-refractivity contribution is 0.0185. The number of rotatable bonds is 3. The summed E-state index contributed by atoms with van der Waals surface area (Å²) in [6.07, 6.45) is 5.09. The molecule has 2 heterocycles. The summed E-state index contributed by atoms with van der Waals surface area (Å²) in [5.41, 5.74) is 3.09. The second-order valence-corrected chi connectivity index (χ2v) is 6.04. The molecule has 2 amide bonds. The van der Waals surface area contributed by atoms with Crippen molar-refractivity contribution in [3.05, 3.63) is 48.5 Å². The average molecular weight is 326 g/mol. The Labute approximate surface area is 141 Å². The molecule has 2 aromatic rings. The van der Waals surface area contributed by atoms with Gasteiger partial charge >= 0.3 is 6.03 Å². The number of urea groups is 1. The number of morpholine rings is 1. The summed E-state index contributed by atoms with van der Waals surface area (Å²) in [6, 6.07) is 8.09. The van der Waals surface area contributed by atoms with Gasteiger partial charge in [-0.1, -0.05) is 24.3 Å². The van der Waals surface area contributed by atoms with E-state index in [-0.39, 0.29) is 18.1 Å². The Bertz CT molecular complexity index is 675. The van der Waals surface area contributed by atoms with Gasteiger partial charge in [0, 0.05) is 24.5 Å². The zero-order valence-electron chi connectivity index (χ0n) is 14.0. The first-order valence-corrected chi connectivity index (χ1v) is 8.15. The molecule has 2 unspecified atom stereocenters. The molecule has 126 valence electrons. The largest absolute Gasteiger partial charge is 0.377 e.